The number of nitrogens with zero attached hydrogens (tertiary/aromatic N) is 2. The summed E-state index contributed by atoms with van der Waals surface area (Å²) in [5, 5.41) is 0. The zero-order valence-corrected chi connectivity index (χ0v) is 11.7. The lowest BCUT2D eigenvalue weighted by molar-refractivity contribution is 0.424. The van der Waals surface area contributed by atoms with Crippen LogP contribution in [-0.2, 0) is 6.42 Å². The summed E-state index contributed by atoms with van der Waals surface area (Å²) in [4.78, 5) is 8.28. The topological polar surface area (TPSA) is 73.1 Å². The van der Waals surface area contributed by atoms with E-state index in [-0.39, 0.29) is 11.6 Å². The normalized spacial score (nSPS) is 10.3. The largest absolute Gasteiger partial charge is 0.436 e. The third kappa shape index (κ3) is 3.39. The van der Waals surface area contributed by atoms with Crippen LogP contribution in [0.1, 0.15) is 12.7 Å². The number of hydrazine groups is 1. The van der Waals surface area contributed by atoms with E-state index in [1.807, 2.05) is 6.92 Å². The molecular weight excluding hydrogens is 315 g/mol. The molecule has 100 valence electrons. The van der Waals surface area contributed by atoms with E-state index < -0.39 is 5.82 Å². The maximum atomic E-state index is 13.6. The summed E-state index contributed by atoms with van der Waals surface area (Å²) < 4.78 is 19.7. The summed E-state index contributed by atoms with van der Waals surface area (Å²) in [5.74, 6) is 6.13. The number of nitrogens with two attached hydrogens (primary N) is 1. The number of nitrogens with one attached hydrogen (secondary N) is 1. The van der Waals surface area contributed by atoms with Gasteiger partial charge in [-0.25, -0.2) is 15.2 Å². The molecule has 0 bridgehead atoms. The van der Waals surface area contributed by atoms with Crippen molar-refractivity contribution in [2.24, 2.45) is 5.84 Å². The number of halogens is 2. The number of hydrogen-bond donors (Lipinski definition) is 2. The van der Waals surface area contributed by atoms with Gasteiger partial charge in [0.15, 0.2) is 11.6 Å². The maximum absolute atomic E-state index is 13.6. The molecule has 5 nitrogen and oxygen atoms in total. The van der Waals surface area contributed by atoms with Crippen LogP contribution in [0.3, 0.4) is 0 Å². The average Bonchev–Trinajstić information content (AvgIpc) is 2.42. The Balaban J connectivity index is 2.34. The third-order valence-electron chi connectivity index (χ3n) is 2.32. The van der Waals surface area contributed by atoms with Gasteiger partial charge in [0.05, 0.1) is 0 Å². The Hall–Kier alpha value is -1.73. The minimum Gasteiger partial charge on any atom is -0.436 e. The Morgan fingerprint density at radius 1 is 1.37 bits per heavy atom. The first-order valence-corrected chi connectivity index (χ1v) is 6.39. The van der Waals surface area contributed by atoms with E-state index >= 15 is 0 Å². The number of nitrogen functional groups attached to an aromatic ring is 1. The highest BCUT2D eigenvalue weighted by Gasteiger charge is 2.09. The molecule has 0 aliphatic carbocycles. The van der Waals surface area contributed by atoms with Gasteiger partial charge in [0.25, 0.3) is 0 Å². The van der Waals surface area contributed by atoms with Crippen molar-refractivity contribution in [2.75, 3.05) is 5.43 Å². The van der Waals surface area contributed by atoms with Gasteiger partial charge in [-0.05, 0) is 18.2 Å². The van der Waals surface area contributed by atoms with Crippen molar-refractivity contribution in [2.45, 2.75) is 13.3 Å². The van der Waals surface area contributed by atoms with Gasteiger partial charge in [-0.2, -0.15) is 4.98 Å². The number of rotatable bonds is 4. The van der Waals surface area contributed by atoms with E-state index in [1.165, 1.54) is 18.2 Å². The Bertz CT molecular complexity index is 572. The lowest BCUT2D eigenvalue weighted by Gasteiger charge is -2.09. The second-order valence-electron chi connectivity index (χ2n) is 3.68. The minimum absolute atomic E-state index is 0.0816. The molecule has 0 fully saturated rings. The van der Waals surface area contributed by atoms with Crippen LogP contribution < -0.4 is 16.0 Å². The van der Waals surface area contributed by atoms with Gasteiger partial charge in [0, 0.05) is 17.0 Å². The second-order valence-corrected chi connectivity index (χ2v) is 4.60. The van der Waals surface area contributed by atoms with Crippen LogP contribution in [0.15, 0.2) is 28.7 Å². The molecule has 0 radical (unpaired) electrons. The second kappa shape index (κ2) is 5.94. The quantitative estimate of drug-likeness (QED) is 0.667. The molecule has 2 rings (SSSR count). The van der Waals surface area contributed by atoms with Crippen molar-refractivity contribution >= 4 is 21.7 Å². The number of aromatic nitrogens is 2. The number of aryl methyl sites for hydroxylation is 1. The number of hydrogen-bond acceptors (Lipinski definition) is 5. The van der Waals surface area contributed by atoms with Gasteiger partial charge in [-0.15, -0.1) is 0 Å². The fourth-order valence-corrected chi connectivity index (χ4v) is 1.77. The monoisotopic (exact) mass is 326 g/mol. The Morgan fingerprint density at radius 2 is 2.16 bits per heavy atom. The SMILES string of the molecule is CCc1nc(NN)cc(Oc2cc(Br)ccc2F)n1. The van der Waals surface area contributed by atoms with Crippen molar-refractivity contribution in [3.05, 3.63) is 40.4 Å². The summed E-state index contributed by atoms with van der Waals surface area (Å²) in [6.45, 7) is 1.90. The van der Waals surface area contributed by atoms with Crippen LogP contribution in [0, 0.1) is 5.82 Å². The summed E-state index contributed by atoms with van der Waals surface area (Å²) >= 11 is 3.25. The van der Waals surface area contributed by atoms with Gasteiger partial charge in [-0.1, -0.05) is 22.9 Å². The van der Waals surface area contributed by atoms with E-state index in [4.69, 9.17) is 10.6 Å². The summed E-state index contributed by atoms with van der Waals surface area (Å²) in [6, 6.07) is 5.92. The summed E-state index contributed by atoms with van der Waals surface area (Å²) in [5.41, 5.74) is 2.42. The van der Waals surface area contributed by atoms with Gasteiger partial charge in [0.2, 0.25) is 5.88 Å². The summed E-state index contributed by atoms with van der Waals surface area (Å²) in [6.07, 6.45) is 0.618. The van der Waals surface area contributed by atoms with Gasteiger partial charge in [0.1, 0.15) is 11.6 Å². The Kier molecular flexibility index (Phi) is 4.28. The zero-order valence-electron chi connectivity index (χ0n) is 10.2. The first kappa shape index (κ1) is 13.7. The summed E-state index contributed by atoms with van der Waals surface area (Å²) in [7, 11) is 0. The first-order valence-electron chi connectivity index (χ1n) is 5.60. The lowest BCUT2D eigenvalue weighted by atomic mass is 10.3. The molecule has 0 amide bonds. The highest BCUT2D eigenvalue weighted by atomic mass is 79.9. The Labute approximate surface area is 118 Å². The average molecular weight is 327 g/mol. The number of benzene rings is 1. The van der Waals surface area contributed by atoms with Gasteiger partial charge in [-0.3, -0.25) is 0 Å². The molecule has 0 saturated carbocycles. The van der Waals surface area contributed by atoms with Crippen LogP contribution >= 0.6 is 15.9 Å². The molecule has 1 aromatic carbocycles. The van der Waals surface area contributed by atoms with E-state index in [2.05, 4.69) is 31.3 Å². The molecule has 0 unspecified atom stereocenters. The van der Waals surface area contributed by atoms with Gasteiger partial charge < -0.3 is 10.2 Å². The first-order chi connectivity index (χ1) is 9.12. The highest BCUT2D eigenvalue weighted by molar-refractivity contribution is 9.10. The molecule has 3 N–H and O–H groups in total. The van der Waals surface area contributed by atoms with Crippen molar-refractivity contribution < 1.29 is 9.13 Å². The molecule has 1 heterocycles. The molecule has 19 heavy (non-hydrogen) atoms. The van der Waals surface area contributed by atoms with Crippen LogP contribution in [0.5, 0.6) is 11.6 Å². The minimum atomic E-state index is -0.470. The fourth-order valence-electron chi connectivity index (χ4n) is 1.43. The number of ether oxygens (including phenoxy) is 1. The van der Waals surface area contributed by atoms with Crippen molar-refractivity contribution in [3.63, 3.8) is 0 Å². The van der Waals surface area contributed by atoms with E-state index in [1.54, 1.807) is 6.07 Å². The standard InChI is InChI=1S/C12H12BrFN4O/c1-2-10-16-11(18-15)6-12(17-10)19-9-5-7(13)3-4-8(9)14/h3-6H,2,15H2,1H3,(H,16,17,18). The molecule has 0 aliphatic heterocycles. The zero-order chi connectivity index (χ0) is 13.8. The van der Waals surface area contributed by atoms with Crippen molar-refractivity contribution in [1.29, 1.82) is 0 Å². The van der Waals surface area contributed by atoms with Crippen LogP contribution in [0.4, 0.5) is 10.2 Å². The molecule has 0 spiro atoms. The molecule has 0 saturated heterocycles. The fraction of sp³-hybridized carbons (Fsp3) is 0.167. The molecule has 2 aromatic rings. The van der Waals surface area contributed by atoms with Crippen LogP contribution in [0.2, 0.25) is 0 Å². The van der Waals surface area contributed by atoms with Crippen molar-refractivity contribution in [3.8, 4) is 11.6 Å². The molecule has 1 aromatic heterocycles. The maximum Gasteiger partial charge on any atom is 0.224 e. The molecule has 7 heteroatoms. The van der Waals surface area contributed by atoms with E-state index in [0.717, 1.165) is 0 Å². The van der Waals surface area contributed by atoms with Crippen LogP contribution in [-0.4, -0.2) is 9.97 Å². The molecular formula is C12H12BrFN4O. The predicted octanol–water partition coefficient (Wildman–Crippen LogP) is 3.02. The predicted molar refractivity (Wildman–Crippen MR) is 73.4 cm³/mol. The molecule has 0 aliphatic rings. The number of anilines is 1. The van der Waals surface area contributed by atoms with E-state index in [0.29, 0.717) is 22.5 Å². The van der Waals surface area contributed by atoms with E-state index in [9.17, 15) is 4.39 Å². The molecule has 0 atom stereocenters. The van der Waals surface area contributed by atoms with Crippen molar-refractivity contribution in [1.82, 2.24) is 9.97 Å². The smallest absolute Gasteiger partial charge is 0.224 e. The van der Waals surface area contributed by atoms with Crippen LogP contribution in [0.25, 0.3) is 0 Å². The highest BCUT2D eigenvalue weighted by Crippen LogP contribution is 2.27. The van der Waals surface area contributed by atoms with Gasteiger partial charge >= 0.3 is 0 Å². The lowest BCUT2D eigenvalue weighted by Crippen LogP contribution is -2.10. The Morgan fingerprint density at radius 3 is 2.84 bits per heavy atom. The third-order valence-corrected chi connectivity index (χ3v) is 2.81.